The van der Waals surface area contributed by atoms with E-state index in [2.05, 4.69) is 4.90 Å². The molecular formula is C16H21ClN2O3. The second kappa shape index (κ2) is 6.34. The van der Waals surface area contributed by atoms with Gasteiger partial charge in [-0.15, -0.1) is 0 Å². The molecule has 3 N–H and O–H groups in total. The number of nitrogens with zero attached hydrogens (tertiary/aromatic N) is 1. The van der Waals surface area contributed by atoms with Gasteiger partial charge >= 0.3 is 5.97 Å². The average molecular weight is 325 g/mol. The summed E-state index contributed by atoms with van der Waals surface area (Å²) in [6.07, 6.45) is 5.34. The normalized spacial score (nSPS) is 21.4. The Balaban J connectivity index is 1.70. The van der Waals surface area contributed by atoms with E-state index >= 15 is 0 Å². The number of likely N-dealkylation sites (tertiary alicyclic amines) is 1. The summed E-state index contributed by atoms with van der Waals surface area (Å²) in [7, 11) is 0. The summed E-state index contributed by atoms with van der Waals surface area (Å²) in [4.78, 5) is 13.8. The first-order valence-electron chi connectivity index (χ1n) is 7.79. The van der Waals surface area contributed by atoms with E-state index in [4.69, 9.17) is 22.1 Å². The van der Waals surface area contributed by atoms with Gasteiger partial charge in [0.1, 0.15) is 17.4 Å². The van der Waals surface area contributed by atoms with Crippen molar-refractivity contribution in [2.45, 2.75) is 38.2 Å². The Morgan fingerprint density at radius 1 is 1.41 bits per heavy atom. The molecule has 0 spiro atoms. The molecular weight excluding hydrogens is 304 g/mol. The largest absolute Gasteiger partial charge is 0.489 e. The molecule has 1 atom stereocenters. The first-order valence-corrected chi connectivity index (χ1v) is 8.17. The summed E-state index contributed by atoms with van der Waals surface area (Å²) in [6, 6.07) is 1.38. The Labute approximate surface area is 135 Å². The summed E-state index contributed by atoms with van der Waals surface area (Å²) < 4.78 is 5.88. The van der Waals surface area contributed by atoms with E-state index < -0.39 is 5.97 Å². The molecule has 1 aromatic rings. The molecule has 1 saturated heterocycles. The fraction of sp³-hybridized carbons (Fsp3) is 0.562. The maximum atomic E-state index is 11.3. The van der Waals surface area contributed by atoms with Gasteiger partial charge in [0.15, 0.2) is 0 Å². The highest BCUT2D eigenvalue weighted by Gasteiger charge is 2.31. The van der Waals surface area contributed by atoms with Crippen LogP contribution in [-0.4, -0.2) is 41.7 Å². The second-order valence-corrected chi connectivity index (χ2v) is 6.47. The van der Waals surface area contributed by atoms with E-state index in [1.54, 1.807) is 0 Å². The number of benzene rings is 1. The van der Waals surface area contributed by atoms with Gasteiger partial charge in [-0.25, -0.2) is 4.79 Å². The maximum Gasteiger partial charge on any atom is 0.339 e. The highest BCUT2D eigenvalue weighted by atomic mass is 35.5. The van der Waals surface area contributed by atoms with E-state index in [1.165, 1.54) is 25.3 Å². The number of hydrogen-bond donors (Lipinski definition) is 2. The van der Waals surface area contributed by atoms with Crippen LogP contribution in [0.15, 0.2) is 6.07 Å². The minimum atomic E-state index is -1.03. The number of nitrogen functional groups attached to an aromatic ring is 1. The standard InChI is InChI=1S/C16H21ClN2O3/c17-13-9-12(16(20)21)15-11(14(13)18)8-10(22-15)4-7-19-5-2-1-3-6-19/h9-10H,1-8,18H2,(H,20,21). The van der Waals surface area contributed by atoms with Crippen LogP contribution in [0.1, 0.15) is 41.6 Å². The van der Waals surface area contributed by atoms with E-state index in [-0.39, 0.29) is 16.7 Å². The second-order valence-electron chi connectivity index (χ2n) is 6.07. The SMILES string of the molecule is Nc1c(Cl)cc(C(=O)O)c2c1CC(CCN1CCCCC1)O2. The van der Waals surface area contributed by atoms with E-state index in [0.29, 0.717) is 17.9 Å². The molecule has 3 rings (SSSR count). The van der Waals surface area contributed by atoms with E-state index in [0.717, 1.165) is 31.6 Å². The number of aromatic carboxylic acids is 1. The molecule has 120 valence electrons. The number of anilines is 1. The zero-order valence-electron chi connectivity index (χ0n) is 12.5. The van der Waals surface area contributed by atoms with Gasteiger partial charge in [-0.3, -0.25) is 0 Å². The van der Waals surface area contributed by atoms with Crippen molar-refractivity contribution in [1.29, 1.82) is 0 Å². The Morgan fingerprint density at radius 3 is 2.82 bits per heavy atom. The van der Waals surface area contributed by atoms with Crippen LogP contribution >= 0.6 is 11.6 Å². The smallest absolute Gasteiger partial charge is 0.339 e. The number of carbonyl (C=O) groups is 1. The summed E-state index contributed by atoms with van der Waals surface area (Å²) in [6.45, 7) is 3.27. The van der Waals surface area contributed by atoms with Crippen LogP contribution in [-0.2, 0) is 6.42 Å². The monoisotopic (exact) mass is 324 g/mol. The van der Waals surface area contributed by atoms with Gasteiger partial charge in [0.05, 0.1) is 10.7 Å². The molecule has 0 radical (unpaired) electrons. The summed E-state index contributed by atoms with van der Waals surface area (Å²) in [5, 5.41) is 9.59. The fourth-order valence-electron chi connectivity index (χ4n) is 3.30. The van der Waals surface area contributed by atoms with Crippen LogP contribution in [0.3, 0.4) is 0 Å². The Bertz CT molecular complexity index is 585. The van der Waals surface area contributed by atoms with Gasteiger partial charge in [-0.2, -0.15) is 0 Å². The summed E-state index contributed by atoms with van der Waals surface area (Å²) >= 11 is 6.04. The van der Waals surface area contributed by atoms with Gasteiger partial charge in [0.25, 0.3) is 0 Å². The molecule has 1 aromatic carbocycles. The van der Waals surface area contributed by atoms with Crippen LogP contribution in [0.4, 0.5) is 5.69 Å². The van der Waals surface area contributed by atoms with Crippen LogP contribution < -0.4 is 10.5 Å². The fourth-order valence-corrected chi connectivity index (χ4v) is 3.52. The highest BCUT2D eigenvalue weighted by molar-refractivity contribution is 6.33. The van der Waals surface area contributed by atoms with Gasteiger partial charge < -0.3 is 20.5 Å². The zero-order valence-corrected chi connectivity index (χ0v) is 13.2. The molecule has 0 aromatic heterocycles. The first kappa shape index (κ1) is 15.4. The van der Waals surface area contributed by atoms with Crippen molar-refractivity contribution in [3.8, 4) is 5.75 Å². The van der Waals surface area contributed by atoms with Crippen molar-refractivity contribution < 1.29 is 14.6 Å². The van der Waals surface area contributed by atoms with Crippen molar-refractivity contribution >= 4 is 23.3 Å². The third-order valence-corrected chi connectivity index (χ3v) is 4.85. The topological polar surface area (TPSA) is 75.8 Å². The number of piperidine rings is 1. The van der Waals surface area contributed by atoms with Crippen LogP contribution in [0.2, 0.25) is 5.02 Å². The molecule has 1 unspecified atom stereocenters. The average Bonchev–Trinajstić information content (AvgIpc) is 2.94. The van der Waals surface area contributed by atoms with Gasteiger partial charge in [-0.1, -0.05) is 18.0 Å². The lowest BCUT2D eigenvalue weighted by atomic mass is 10.0. The number of ether oxygens (including phenoxy) is 1. The Morgan fingerprint density at radius 2 is 2.14 bits per heavy atom. The minimum absolute atomic E-state index is 0.0178. The maximum absolute atomic E-state index is 11.3. The van der Waals surface area contributed by atoms with Crippen molar-refractivity contribution in [2.75, 3.05) is 25.4 Å². The van der Waals surface area contributed by atoms with E-state index in [9.17, 15) is 9.90 Å². The van der Waals surface area contributed by atoms with Crippen molar-refractivity contribution in [3.63, 3.8) is 0 Å². The minimum Gasteiger partial charge on any atom is -0.489 e. The quantitative estimate of drug-likeness (QED) is 0.833. The van der Waals surface area contributed by atoms with Crippen LogP contribution in [0.5, 0.6) is 5.75 Å². The number of rotatable bonds is 4. The van der Waals surface area contributed by atoms with Gasteiger partial charge in [0, 0.05) is 18.5 Å². The van der Waals surface area contributed by atoms with Gasteiger partial charge in [0.2, 0.25) is 0 Å². The van der Waals surface area contributed by atoms with Crippen LogP contribution in [0.25, 0.3) is 0 Å². The zero-order chi connectivity index (χ0) is 15.7. The predicted octanol–water partition coefficient (Wildman–Crippen LogP) is 2.80. The molecule has 1 fully saturated rings. The Kier molecular flexibility index (Phi) is 4.45. The third-order valence-electron chi connectivity index (χ3n) is 4.53. The van der Waals surface area contributed by atoms with Crippen molar-refractivity contribution in [3.05, 3.63) is 22.2 Å². The molecule has 0 aliphatic carbocycles. The van der Waals surface area contributed by atoms with Crippen LogP contribution in [0, 0.1) is 0 Å². The molecule has 0 amide bonds. The lowest BCUT2D eigenvalue weighted by Gasteiger charge is -2.27. The van der Waals surface area contributed by atoms with E-state index in [1.807, 2.05) is 0 Å². The molecule has 6 heteroatoms. The predicted molar refractivity (Wildman–Crippen MR) is 85.9 cm³/mol. The lowest BCUT2D eigenvalue weighted by molar-refractivity contribution is 0.0690. The van der Waals surface area contributed by atoms with Crippen molar-refractivity contribution in [2.24, 2.45) is 0 Å². The molecule has 5 nitrogen and oxygen atoms in total. The third kappa shape index (κ3) is 3.01. The first-order chi connectivity index (χ1) is 10.6. The molecule has 2 aliphatic heterocycles. The summed E-state index contributed by atoms with van der Waals surface area (Å²) in [5.41, 5.74) is 7.29. The summed E-state index contributed by atoms with van der Waals surface area (Å²) in [5.74, 6) is -0.632. The highest BCUT2D eigenvalue weighted by Crippen LogP contribution is 2.41. The molecule has 0 saturated carbocycles. The number of nitrogens with two attached hydrogens (primary N) is 1. The molecule has 22 heavy (non-hydrogen) atoms. The molecule has 2 heterocycles. The number of fused-ring (bicyclic) bond motifs is 1. The number of carboxylic acids is 1. The number of carboxylic acid groups (broad SMARTS) is 1. The number of halogens is 1. The number of hydrogen-bond acceptors (Lipinski definition) is 4. The van der Waals surface area contributed by atoms with Crippen molar-refractivity contribution in [1.82, 2.24) is 4.90 Å². The Hall–Kier alpha value is -1.46. The lowest BCUT2D eigenvalue weighted by Crippen LogP contribution is -2.33. The molecule has 0 bridgehead atoms. The molecule has 2 aliphatic rings. The van der Waals surface area contributed by atoms with Gasteiger partial charge in [-0.05, 0) is 38.4 Å².